The van der Waals surface area contributed by atoms with E-state index in [4.69, 9.17) is 5.73 Å². The van der Waals surface area contributed by atoms with Gasteiger partial charge in [-0.25, -0.2) is 4.79 Å². The molecule has 0 aromatic heterocycles. The summed E-state index contributed by atoms with van der Waals surface area (Å²) in [4.78, 5) is 13.7. The van der Waals surface area contributed by atoms with Crippen LogP contribution in [-0.4, -0.2) is 35.6 Å². The van der Waals surface area contributed by atoms with E-state index < -0.39 is 0 Å². The van der Waals surface area contributed by atoms with Crippen molar-refractivity contribution in [2.24, 2.45) is 5.73 Å². The number of hydrogen-bond acceptors (Lipinski definition) is 2. The van der Waals surface area contributed by atoms with E-state index in [1.807, 2.05) is 4.90 Å². The number of hydrogen-bond donors (Lipinski definition) is 2. The van der Waals surface area contributed by atoms with Crippen molar-refractivity contribution in [3.8, 4) is 0 Å². The molecule has 0 saturated carbocycles. The smallest absolute Gasteiger partial charge is 0.317 e. The van der Waals surface area contributed by atoms with Crippen molar-refractivity contribution in [1.29, 1.82) is 0 Å². The van der Waals surface area contributed by atoms with Gasteiger partial charge in [0.25, 0.3) is 0 Å². The topological polar surface area (TPSA) is 58.4 Å². The van der Waals surface area contributed by atoms with Crippen molar-refractivity contribution in [2.45, 2.75) is 50.7 Å². The van der Waals surface area contributed by atoms with Gasteiger partial charge >= 0.3 is 6.03 Å². The monoisotopic (exact) mass is 197 g/mol. The summed E-state index contributed by atoms with van der Waals surface area (Å²) in [5.41, 5.74) is 5.96. The van der Waals surface area contributed by atoms with Crippen molar-refractivity contribution in [2.75, 3.05) is 6.54 Å². The average molecular weight is 197 g/mol. The molecule has 3 unspecified atom stereocenters. The van der Waals surface area contributed by atoms with Crippen LogP contribution in [0.1, 0.15) is 32.6 Å². The lowest BCUT2D eigenvalue weighted by atomic mass is 9.97. The van der Waals surface area contributed by atoms with Crippen LogP contribution in [0.3, 0.4) is 0 Å². The van der Waals surface area contributed by atoms with E-state index >= 15 is 0 Å². The Kier molecular flexibility index (Phi) is 2.63. The Bertz CT molecular complexity index is 231. The molecule has 4 nitrogen and oxygen atoms in total. The molecule has 14 heavy (non-hydrogen) atoms. The molecule has 0 radical (unpaired) electrons. The van der Waals surface area contributed by atoms with Gasteiger partial charge in [-0.1, -0.05) is 6.92 Å². The summed E-state index contributed by atoms with van der Waals surface area (Å²) >= 11 is 0. The number of nitrogens with zero attached hydrogens (tertiary/aromatic N) is 1. The lowest BCUT2D eigenvalue weighted by molar-refractivity contribution is 0.190. The first-order valence-electron chi connectivity index (χ1n) is 5.55. The Morgan fingerprint density at radius 3 is 2.86 bits per heavy atom. The molecule has 2 aliphatic heterocycles. The van der Waals surface area contributed by atoms with E-state index in [1.165, 1.54) is 0 Å². The second-order valence-corrected chi connectivity index (χ2v) is 4.34. The maximum absolute atomic E-state index is 11.8. The van der Waals surface area contributed by atoms with Gasteiger partial charge < -0.3 is 16.0 Å². The molecule has 2 bridgehead atoms. The molecule has 2 heterocycles. The summed E-state index contributed by atoms with van der Waals surface area (Å²) in [6.45, 7) is 2.83. The highest BCUT2D eigenvalue weighted by molar-refractivity contribution is 5.75. The van der Waals surface area contributed by atoms with Crippen molar-refractivity contribution >= 4 is 6.03 Å². The normalized spacial score (nSPS) is 35.0. The first kappa shape index (κ1) is 9.77. The summed E-state index contributed by atoms with van der Waals surface area (Å²) in [6.07, 6.45) is 4.20. The Morgan fingerprint density at radius 1 is 1.57 bits per heavy atom. The molecule has 2 fully saturated rings. The van der Waals surface area contributed by atoms with Gasteiger partial charge in [0.2, 0.25) is 0 Å². The minimum absolute atomic E-state index is 0.0901. The van der Waals surface area contributed by atoms with Crippen LogP contribution in [0.25, 0.3) is 0 Å². The molecule has 2 amide bonds. The molecule has 2 aliphatic rings. The van der Waals surface area contributed by atoms with Gasteiger partial charge in [-0.15, -0.1) is 0 Å². The molecule has 4 heteroatoms. The van der Waals surface area contributed by atoms with Gasteiger partial charge in [0.1, 0.15) is 0 Å². The first-order chi connectivity index (χ1) is 6.74. The minimum atomic E-state index is 0.0901. The zero-order valence-corrected chi connectivity index (χ0v) is 8.70. The molecular weight excluding hydrogens is 178 g/mol. The zero-order valence-electron chi connectivity index (χ0n) is 8.70. The third-order valence-corrected chi connectivity index (χ3v) is 3.35. The highest BCUT2D eigenvalue weighted by Gasteiger charge is 2.46. The molecule has 3 atom stereocenters. The summed E-state index contributed by atoms with van der Waals surface area (Å²) in [6, 6.07) is 1.01. The number of nitrogens with one attached hydrogen (secondary N) is 1. The van der Waals surface area contributed by atoms with Gasteiger partial charge in [0, 0.05) is 24.7 Å². The van der Waals surface area contributed by atoms with Crippen LogP contribution in [0.15, 0.2) is 0 Å². The van der Waals surface area contributed by atoms with Gasteiger partial charge in [-0.05, 0) is 25.7 Å². The number of carbonyl (C=O) groups is 1. The molecule has 80 valence electrons. The number of fused-ring (bicyclic) bond motifs is 2. The summed E-state index contributed by atoms with van der Waals surface area (Å²) < 4.78 is 0. The highest BCUT2D eigenvalue weighted by Crippen LogP contribution is 2.36. The van der Waals surface area contributed by atoms with E-state index in [0.717, 1.165) is 32.2 Å². The van der Waals surface area contributed by atoms with Crippen LogP contribution in [0, 0.1) is 0 Å². The first-order valence-corrected chi connectivity index (χ1v) is 5.55. The fourth-order valence-corrected chi connectivity index (χ4v) is 2.67. The van der Waals surface area contributed by atoms with Crippen molar-refractivity contribution in [3.63, 3.8) is 0 Å². The number of amides is 2. The number of rotatable bonds is 2. The molecule has 0 spiro atoms. The van der Waals surface area contributed by atoms with Crippen molar-refractivity contribution in [1.82, 2.24) is 10.2 Å². The van der Waals surface area contributed by atoms with Gasteiger partial charge in [-0.3, -0.25) is 0 Å². The quantitative estimate of drug-likeness (QED) is 0.683. The molecule has 0 aromatic carbocycles. The van der Waals surface area contributed by atoms with Crippen LogP contribution in [0.4, 0.5) is 4.79 Å². The van der Waals surface area contributed by atoms with Crippen LogP contribution in [-0.2, 0) is 0 Å². The minimum Gasteiger partial charge on any atom is -0.338 e. The predicted molar refractivity (Wildman–Crippen MR) is 54.9 cm³/mol. The molecule has 0 aromatic rings. The van der Waals surface area contributed by atoms with Crippen LogP contribution >= 0.6 is 0 Å². The molecule has 2 saturated heterocycles. The van der Waals surface area contributed by atoms with E-state index in [0.29, 0.717) is 12.1 Å². The fourth-order valence-electron chi connectivity index (χ4n) is 2.67. The van der Waals surface area contributed by atoms with E-state index in [1.54, 1.807) is 0 Å². The van der Waals surface area contributed by atoms with E-state index in [9.17, 15) is 4.79 Å². The molecule has 0 aliphatic carbocycles. The lowest BCUT2D eigenvalue weighted by Crippen LogP contribution is -2.45. The van der Waals surface area contributed by atoms with E-state index in [-0.39, 0.29) is 12.1 Å². The van der Waals surface area contributed by atoms with Crippen LogP contribution < -0.4 is 11.1 Å². The Hall–Kier alpha value is -0.770. The fraction of sp³-hybridized carbons (Fsp3) is 0.900. The predicted octanol–water partition coefficient (Wildman–Crippen LogP) is 0.670. The standard InChI is InChI=1S/C10H19N3O/c1-2-5-12-10(14)13-7-3-4-9(13)8(11)6-7/h7-9H,2-6,11H2,1H3,(H,12,14). The number of nitrogens with two attached hydrogens (primary N) is 1. The number of carbonyl (C=O) groups excluding carboxylic acids is 1. The van der Waals surface area contributed by atoms with Gasteiger partial charge in [0.15, 0.2) is 0 Å². The Balaban J connectivity index is 1.95. The van der Waals surface area contributed by atoms with Crippen LogP contribution in [0.2, 0.25) is 0 Å². The Labute approximate surface area is 84.8 Å². The average Bonchev–Trinajstić information content (AvgIpc) is 2.70. The summed E-state index contributed by atoms with van der Waals surface area (Å²) in [5.74, 6) is 0. The summed E-state index contributed by atoms with van der Waals surface area (Å²) in [7, 11) is 0. The maximum Gasteiger partial charge on any atom is 0.317 e. The highest BCUT2D eigenvalue weighted by atomic mass is 16.2. The number of urea groups is 1. The second-order valence-electron chi connectivity index (χ2n) is 4.34. The Morgan fingerprint density at radius 2 is 2.36 bits per heavy atom. The van der Waals surface area contributed by atoms with Gasteiger partial charge in [-0.2, -0.15) is 0 Å². The van der Waals surface area contributed by atoms with Crippen LogP contribution in [0.5, 0.6) is 0 Å². The third kappa shape index (κ3) is 1.47. The van der Waals surface area contributed by atoms with Crippen molar-refractivity contribution < 1.29 is 4.79 Å². The van der Waals surface area contributed by atoms with Crippen molar-refractivity contribution in [3.05, 3.63) is 0 Å². The second kappa shape index (κ2) is 3.77. The SMILES string of the molecule is CCCNC(=O)N1C2CCC1C(N)C2. The van der Waals surface area contributed by atoms with Gasteiger partial charge in [0.05, 0.1) is 0 Å². The molecular formula is C10H19N3O. The summed E-state index contributed by atoms with van der Waals surface area (Å²) in [5, 5.41) is 2.93. The largest absolute Gasteiger partial charge is 0.338 e. The molecule has 3 N–H and O–H groups in total. The van der Waals surface area contributed by atoms with E-state index in [2.05, 4.69) is 12.2 Å². The maximum atomic E-state index is 11.8. The lowest BCUT2D eigenvalue weighted by Gasteiger charge is -2.23. The zero-order chi connectivity index (χ0) is 10.1. The molecule has 2 rings (SSSR count). The third-order valence-electron chi connectivity index (χ3n) is 3.35.